The average molecular weight is 317 g/mol. The molecule has 1 aromatic rings. The Hall–Kier alpha value is -1.95. The second-order valence-electron chi connectivity index (χ2n) is 6.32. The highest BCUT2D eigenvalue weighted by molar-refractivity contribution is 5.87. The molecule has 3 rings (SSSR count). The van der Waals surface area contributed by atoms with Gasteiger partial charge in [-0.25, -0.2) is 0 Å². The number of hydrogen-bond donors (Lipinski definition) is 0. The fourth-order valence-corrected chi connectivity index (χ4v) is 3.50. The van der Waals surface area contributed by atoms with E-state index in [9.17, 15) is 9.59 Å². The Morgan fingerprint density at radius 3 is 2.96 bits per heavy atom. The molecule has 0 aromatic carbocycles. The monoisotopic (exact) mass is 317 g/mol. The molecule has 0 radical (unpaired) electrons. The van der Waals surface area contributed by atoms with Crippen molar-refractivity contribution in [3.05, 3.63) is 30.1 Å². The standard InChI is InChI=1S/C17H23N3O3/c1-2-23-12-15(21)20-9-6-17(13-20)5-8-19(16(17)22)11-14-4-3-7-18-10-14/h3-4,7,10H,2,5-6,8-9,11-13H2,1H3. The van der Waals surface area contributed by atoms with Gasteiger partial charge in [0, 0.05) is 45.2 Å². The minimum atomic E-state index is -0.385. The first kappa shape index (κ1) is 15.9. The van der Waals surface area contributed by atoms with Gasteiger partial charge in [0.25, 0.3) is 0 Å². The van der Waals surface area contributed by atoms with Crippen LogP contribution in [-0.4, -0.2) is 59.4 Å². The van der Waals surface area contributed by atoms with E-state index in [-0.39, 0.29) is 23.8 Å². The SMILES string of the molecule is CCOCC(=O)N1CCC2(CCN(Cc3cccnc3)C2=O)C1. The van der Waals surface area contributed by atoms with Gasteiger partial charge in [-0.05, 0) is 31.4 Å². The Labute approximate surface area is 136 Å². The van der Waals surface area contributed by atoms with Gasteiger partial charge in [-0.15, -0.1) is 0 Å². The molecule has 2 aliphatic heterocycles. The Balaban J connectivity index is 1.61. The van der Waals surface area contributed by atoms with Gasteiger partial charge in [0.15, 0.2) is 0 Å². The Morgan fingerprint density at radius 2 is 2.22 bits per heavy atom. The van der Waals surface area contributed by atoms with Crippen LogP contribution in [0.4, 0.5) is 0 Å². The molecular weight excluding hydrogens is 294 g/mol. The van der Waals surface area contributed by atoms with Gasteiger partial charge >= 0.3 is 0 Å². The van der Waals surface area contributed by atoms with Gasteiger partial charge in [-0.1, -0.05) is 6.07 Å². The van der Waals surface area contributed by atoms with Crippen LogP contribution in [0.1, 0.15) is 25.3 Å². The molecule has 0 aliphatic carbocycles. The molecule has 23 heavy (non-hydrogen) atoms. The van der Waals surface area contributed by atoms with Crippen molar-refractivity contribution in [2.24, 2.45) is 5.41 Å². The number of amides is 2. The fraction of sp³-hybridized carbons (Fsp3) is 0.588. The van der Waals surface area contributed by atoms with Crippen LogP contribution in [0.3, 0.4) is 0 Å². The predicted octanol–water partition coefficient (Wildman–Crippen LogP) is 1.07. The van der Waals surface area contributed by atoms with E-state index in [2.05, 4.69) is 4.98 Å². The highest BCUT2D eigenvalue weighted by Gasteiger charge is 2.51. The quantitative estimate of drug-likeness (QED) is 0.815. The number of carbonyl (C=O) groups excluding carboxylic acids is 2. The van der Waals surface area contributed by atoms with Crippen molar-refractivity contribution in [1.29, 1.82) is 0 Å². The molecule has 3 heterocycles. The summed E-state index contributed by atoms with van der Waals surface area (Å²) in [6.45, 7) is 5.04. The van der Waals surface area contributed by atoms with Crippen molar-refractivity contribution in [2.75, 3.05) is 32.8 Å². The molecule has 124 valence electrons. The molecular formula is C17H23N3O3. The molecule has 2 saturated heterocycles. The third-order valence-corrected chi connectivity index (χ3v) is 4.83. The smallest absolute Gasteiger partial charge is 0.248 e. The summed E-state index contributed by atoms with van der Waals surface area (Å²) >= 11 is 0. The van der Waals surface area contributed by atoms with Crippen LogP contribution < -0.4 is 0 Å². The average Bonchev–Trinajstić information content (AvgIpc) is 3.14. The lowest BCUT2D eigenvalue weighted by Gasteiger charge is -2.23. The van der Waals surface area contributed by atoms with Gasteiger partial charge in [0.05, 0.1) is 5.41 Å². The topological polar surface area (TPSA) is 62.7 Å². The molecule has 2 fully saturated rings. The van der Waals surface area contributed by atoms with Crippen molar-refractivity contribution < 1.29 is 14.3 Å². The first-order chi connectivity index (χ1) is 11.1. The molecule has 0 saturated carbocycles. The largest absolute Gasteiger partial charge is 0.372 e. The minimum Gasteiger partial charge on any atom is -0.372 e. The molecule has 0 bridgehead atoms. The second-order valence-corrected chi connectivity index (χ2v) is 6.32. The Kier molecular flexibility index (Phi) is 4.61. The summed E-state index contributed by atoms with van der Waals surface area (Å²) in [5.41, 5.74) is 0.657. The van der Waals surface area contributed by atoms with Crippen LogP contribution in [0.15, 0.2) is 24.5 Å². The number of rotatable bonds is 5. The minimum absolute atomic E-state index is 0.0118. The van der Waals surface area contributed by atoms with Crippen LogP contribution in [0.25, 0.3) is 0 Å². The zero-order valence-corrected chi connectivity index (χ0v) is 13.5. The van der Waals surface area contributed by atoms with Crippen LogP contribution in [0, 0.1) is 5.41 Å². The number of hydrogen-bond acceptors (Lipinski definition) is 4. The van der Waals surface area contributed by atoms with Gasteiger partial charge in [-0.2, -0.15) is 0 Å². The number of likely N-dealkylation sites (tertiary alicyclic amines) is 2. The van der Waals surface area contributed by atoms with Gasteiger partial charge in [-0.3, -0.25) is 14.6 Å². The lowest BCUT2D eigenvalue weighted by Crippen LogP contribution is -2.39. The molecule has 1 atom stereocenters. The number of aromatic nitrogens is 1. The first-order valence-electron chi connectivity index (χ1n) is 8.18. The third kappa shape index (κ3) is 3.22. The second kappa shape index (κ2) is 6.66. The molecule has 6 heteroatoms. The van der Waals surface area contributed by atoms with Gasteiger partial charge in [0.2, 0.25) is 11.8 Å². The normalized spacial score (nSPS) is 24.0. The van der Waals surface area contributed by atoms with E-state index in [0.717, 1.165) is 24.9 Å². The first-order valence-corrected chi connectivity index (χ1v) is 8.18. The molecule has 0 N–H and O–H groups in total. The van der Waals surface area contributed by atoms with E-state index in [1.807, 2.05) is 24.0 Å². The van der Waals surface area contributed by atoms with E-state index < -0.39 is 0 Å². The maximum absolute atomic E-state index is 12.9. The summed E-state index contributed by atoms with van der Waals surface area (Å²) in [5.74, 6) is 0.162. The summed E-state index contributed by atoms with van der Waals surface area (Å²) in [6.07, 6.45) is 5.11. The van der Waals surface area contributed by atoms with E-state index in [1.54, 1.807) is 17.3 Å². The molecule has 1 spiro atoms. The molecule has 2 amide bonds. The number of carbonyl (C=O) groups is 2. The van der Waals surface area contributed by atoms with E-state index >= 15 is 0 Å². The summed E-state index contributed by atoms with van der Waals surface area (Å²) in [4.78, 5) is 32.7. The lowest BCUT2D eigenvalue weighted by atomic mass is 9.85. The molecule has 1 aromatic heterocycles. The van der Waals surface area contributed by atoms with Crippen molar-refractivity contribution >= 4 is 11.8 Å². The van der Waals surface area contributed by atoms with Gasteiger partial charge < -0.3 is 14.5 Å². The van der Waals surface area contributed by atoms with Crippen molar-refractivity contribution in [2.45, 2.75) is 26.3 Å². The fourth-order valence-electron chi connectivity index (χ4n) is 3.50. The van der Waals surface area contributed by atoms with Gasteiger partial charge in [0.1, 0.15) is 6.61 Å². The lowest BCUT2D eigenvalue weighted by molar-refractivity contribution is -0.138. The molecule has 6 nitrogen and oxygen atoms in total. The number of nitrogens with zero attached hydrogens (tertiary/aromatic N) is 3. The molecule has 2 aliphatic rings. The maximum atomic E-state index is 12.9. The summed E-state index contributed by atoms with van der Waals surface area (Å²) in [6, 6.07) is 3.87. The van der Waals surface area contributed by atoms with Crippen LogP contribution >= 0.6 is 0 Å². The summed E-state index contributed by atoms with van der Waals surface area (Å²) in [5, 5.41) is 0. The van der Waals surface area contributed by atoms with Crippen LogP contribution in [0.5, 0.6) is 0 Å². The zero-order valence-electron chi connectivity index (χ0n) is 13.5. The van der Waals surface area contributed by atoms with E-state index in [4.69, 9.17) is 4.74 Å². The van der Waals surface area contributed by atoms with Crippen molar-refractivity contribution in [3.8, 4) is 0 Å². The van der Waals surface area contributed by atoms with Crippen LogP contribution in [-0.2, 0) is 20.9 Å². The number of ether oxygens (including phenoxy) is 1. The van der Waals surface area contributed by atoms with Crippen molar-refractivity contribution in [3.63, 3.8) is 0 Å². The van der Waals surface area contributed by atoms with Crippen LogP contribution in [0.2, 0.25) is 0 Å². The summed E-state index contributed by atoms with van der Waals surface area (Å²) < 4.78 is 5.19. The van der Waals surface area contributed by atoms with E-state index in [0.29, 0.717) is 26.2 Å². The summed E-state index contributed by atoms with van der Waals surface area (Å²) in [7, 11) is 0. The Morgan fingerprint density at radius 1 is 1.39 bits per heavy atom. The highest BCUT2D eigenvalue weighted by Crippen LogP contribution is 2.41. The maximum Gasteiger partial charge on any atom is 0.248 e. The molecule has 1 unspecified atom stereocenters. The zero-order chi connectivity index (χ0) is 16.3. The van der Waals surface area contributed by atoms with E-state index in [1.165, 1.54) is 0 Å². The Bertz CT molecular complexity index is 578. The van der Waals surface area contributed by atoms with Crippen molar-refractivity contribution in [1.82, 2.24) is 14.8 Å². The predicted molar refractivity (Wildman–Crippen MR) is 84.4 cm³/mol. The third-order valence-electron chi connectivity index (χ3n) is 4.83. The number of pyridine rings is 1. The highest BCUT2D eigenvalue weighted by atomic mass is 16.5.